The largest absolute Gasteiger partial charge is 0.466 e. The van der Waals surface area contributed by atoms with Crippen LogP contribution in [0.1, 0.15) is 13.8 Å². The summed E-state index contributed by atoms with van der Waals surface area (Å²) in [4.78, 5) is 10.7. The summed E-state index contributed by atoms with van der Waals surface area (Å²) < 4.78 is 34.0. The molecule has 0 aromatic rings. The molecule has 0 atom stereocenters. The minimum absolute atomic E-state index is 0.215. The summed E-state index contributed by atoms with van der Waals surface area (Å²) >= 11 is 4.49. The highest BCUT2D eigenvalue weighted by atomic mass is 35.5. The Morgan fingerprint density at radius 2 is 1.79 bits per heavy atom. The minimum atomic E-state index is -3.92. The molecule has 0 saturated heterocycles. The fraction of sp³-hybridized carbons (Fsp3) is 0.625. The topological polar surface area (TPSA) is 35.5 Å². The molecule has 0 amide bonds. The van der Waals surface area contributed by atoms with Gasteiger partial charge >= 0.3 is 5.38 Å². The lowest BCUT2D eigenvalue weighted by Gasteiger charge is -2.09. The Labute approximate surface area is 85.6 Å². The molecule has 0 spiro atoms. The predicted octanol–water partition coefficient (Wildman–Crippen LogP) is 2.30. The Morgan fingerprint density at radius 3 is 2.07 bits per heavy atom. The molecule has 0 saturated carbocycles. The molecule has 0 aliphatic heterocycles. The van der Waals surface area contributed by atoms with Crippen LogP contribution < -0.4 is 0 Å². The monoisotopic (exact) mass is 228 g/mol. The van der Waals surface area contributed by atoms with E-state index >= 15 is 0 Å². The molecule has 14 heavy (non-hydrogen) atoms. The number of hydrogen-bond acceptors (Lipinski definition) is 3. The van der Waals surface area contributed by atoms with E-state index in [1.165, 1.54) is 0 Å². The first kappa shape index (κ1) is 13.2. The van der Waals surface area contributed by atoms with E-state index in [-0.39, 0.29) is 19.2 Å². The SMILES string of the molecule is CCOC(=CC(=O)C(F)(F)Cl)OCC. The normalized spacial score (nSPS) is 10.6. The highest BCUT2D eigenvalue weighted by Crippen LogP contribution is 2.21. The van der Waals surface area contributed by atoms with Crippen molar-refractivity contribution in [2.75, 3.05) is 13.2 Å². The molecule has 3 nitrogen and oxygen atoms in total. The van der Waals surface area contributed by atoms with Crippen LogP contribution in [0.3, 0.4) is 0 Å². The maximum atomic E-state index is 12.2. The van der Waals surface area contributed by atoms with Crippen LogP contribution in [0, 0.1) is 0 Å². The van der Waals surface area contributed by atoms with Gasteiger partial charge < -0.3 is 9.47 Å². The highest BCUT2D eigenvalue weighted by molar-refractivity contribution is 6.34. The summed E-state index contributed by atoms with van der Waals surface area (Å²) in [7, 11) is 0. The molecule has 0 radical (unpaired) electrons. The van der Waals surface area contributed by atoms with Crippen molar-refractivity contribution < 1.29 is 23.0 Å². The van der Waals surface area contributed by atoms with Crippen LogP contribution in [0.15, 0.2) is 12.0 Å². The average molecular weight is 229 g/mol. The number of hydrogen-bond donors (Lipinski definition) is 0. The number of carbonyl (C=O) groups is 1. The summed E-state index contributed by atoms with van der Waals surface area (Å²) in [5.41, 5.74) is 0. The zero-order chi connectivity index (χ0) is 11.2. The number of carbonyl (C=O) groups excluding carboxylic acids is 1. The van der Waals surface area contributed by atoms with E-state index in [0.29, 0.717) is 6.08 Å². The van der Waals surface area contributed by atoms with Crippen molar-refractivity contribution >= 4 is 17.4 Å². The van der Waals surface area contributed by atoms with Gasteiger partial charge in [0.15, 0.2) is 0 Å². The molecule has 6 heteroatoms. The van der Waals surface area contributed by atoms with E-state index in [0.717, 1.165) is 0 Å². The third kappa shape index (κ3) is 5.01. The molecule has 0 aliphatic rings. The maximum absolute atomic E-state index is 12.2. The van der Waals surface area contributed by atoms with Crippen molar-refractivity contribution in [3.63, 3.8) is 0 Å². The second-order valence-corrected chi connectivity index (χ2v) is 2.67. The molecule has 0 fully saturated rings. The van der Waals surface area contributed by atoms with Gasteiger partial charge in [-0.2, -0.15) is 8.78 Å². The van der Waals surface area contributed by atoms with E-state index < -0.39 is 11.2 Å². The van der Waals surface area contributed by atoms with Crippen LogP contribution in [0.25, 0.3) is 0 Å². The molecule has 0 aromatic heterocycles. The van der Waals surface area contributed by atoms with Crippen molar-refractivity contribution in [2.45, 2.75) is 19.2 Å². The van der Waals surface area contributed by atoms with Gasteiger partial charge in [0.2, 0.25) is 5.78 Å². The zero-order valence-corrected chi connectivity index (χ0v) is 8.61. The van der Waals surface area contributed by atoms with Crippen molar-refractivity contribution in [2.24, 2.45) is 0 Å². The van der Waals surface area contributed by atoms with Gasteiger partial charge in [0.1, 0.15) is 0 Å². The van der Waals surface area contributed by atoms with Gasteiger partial charge in [-0.05, 0) is 25.4 Å². The van der Waals surface area contributed by atoms with Crippen molar-refractivity contribution in [1.29, 1.82) is 0 Å². The lowest BCUT2D eigenvalue weighted by atomic mass is 10.4. The molecule has 0 bridgehead atoms. The fourth-order valence-electron chi connectivity index (χ4n) is 0.598. The average Bonchev–Trinajstić information content (AvgIpc) is 2.03. The molecule has 0 N–H and O–H groups in total. The first-order valence-corrected chi connectivity index (χ1v) is 4.38. The Hall–Kier alpha value is -0.840. The molecule has 0 aromatic carbocycles. The third-order valence-corrected chi connectivity index (χ3v) is 1.29. The molecule has 0 unspecified atom stereocenters. The summed E-state index contributed by atoms with van der Waals surface area (Å²) in [5, 5.41) is -3.92. The predicted molar refractivity (Wildman–Crippen MR) is 47.1 cm³/mol. The lowest BCUT2D eigenvalue weighted by Crippen LogP contribution is -2.20. The van der Waals surface area contributed by atoms with Gasteiger partial charge in [0.05, 0.1) is 19.3 Å². The third-order valence-electron chi connectivity index (χ3n) is 1.10. The Morgan fingerprint density at radius 1 is 1.36 bits per heavy atom. The van der Waals surface area contributed by atoms with Crippen molar-refractivity contribution in [3.8, 4) is 0 Å². The number of alkyl halides is 3. The molecule has 82 valence electrons. The van der Waals surface area contributed by atoms with Crippen LogP contribution in [-0.4, -0.2) is 24.4 Å². The number of allylic oxidation sites excluding steroid dienone is 1. The number of halogens is 3. The summed E-state index contributed by atoms with van der Waals surface area (Å²) in [6, 6.07) is 0. The van der Waals surface area contributed by atoms with Gasteiger partial charge in [0, 0.05) is 0 Å². The van der Waals surface area contributed by atoms with E-state index in [4.69, 9.17) is 9.47 Å². The second-order valence-electron chi connectivity index (χ2n) is 2.19. The Kier molecular flexibility index (Phi) is 5.45. The van der Waals surface area contributed by atoms with Crippen molar-refractivity contribution in [1.82, 2.24) is 0 Å². The van der Waals surface area contributed by atoms with E-state index in [2.05, 4.69) is 11.6 Å². The maximum Gasteiger partial charge on any atom is 0.384 e. The summed E-state index contributed by atoms with van der Waals surface area (Å²) in [5.74, 6) is -1.81. The van der Waals surface area contributed by atoms with Crippen LogP contribution in [0.2, 0.25) is 0 Å². The van der Waals surface area contributed by atoms with E-state index in [9.17, 15) is 13.6 Å². The van der Waals surface area contributed by atoms with Crippen molar-refractivity contribution in [3.05, 3.63) is 12.0 Å². The fourth-order valence-corrected chi connectivity index (χ4v) is 0.653. The van der Waals surface area contributed by atoms with E-state index in [1.54, 1.807) is 13.8 Å². The lowest BCUT2D eigenvalue weighted by molar-refractivity contribution is -0.128. The van der Waals surface area contributed by atoms with Crippen LogP contribution in [-0.2, 0) is 14.3 Å². The highest BCUT2D eigenvalue weighted by Gasteiger charge is 2.34. The number of rotatable bonds is 6. The Bertz CT molecular complexity index is 215. The molecular weight excluding hydrogens is 218 g/mol. The second kappa shape index (κ2) is 5.80. The number of ether oxygens (including phenoxy) is 2. The summed E-state index contributed by atoms with van der Waals surface area (Å²) in [6.07, 6.45) is 0.542. The van der Waals surface area contributed by atoms with Gasteiger partial charge in [-0.1, -0.05) is 0 Å². The van der Waals surface area contributed by atoms with Crippen LogP contribution in [0.4, 0.5) is 8.78 Å². The first-order chi connectivity index (χ1) is 6.41. The molecular formula is C8H11ClF2O3. The molecule has 0 rings (SSSR count). The van der Waals surface area contributed by atoms with Crippen LogP contribution in [0.5, 0.6) is 0 Å². The standard InChI is InChI=1S/C8H11ClF2O3/c1-3-13-7(14-4-2)5-6(12)8(9,10)11/h5H,3-4H2,1-2H3. The van der Waals surface area contributed by atoms with Gasteiger partial charge in [-0.3, -0.25) is 4.79 Å². The van der Waals surface area contributed by atoms with Gasteiger partial charge in [-0.25, -0.2) is 0 Å². The Balaban J connectivity index is 4.48. The molecule has 0 heterocycles. The quantitative estimate of drug-likeness (QED) is 0.398. The van der Waals surface area contributed by atoms with Gasteiger partial charge in [0.25, 0.3) is 5.95 Å². The first-order valence-electron chi connectivity index (χ1n) is 4.00. The van der Waals surface area contributed by atoms with Gasteiger partial charge in [-0.15, -0.1) is 0 Å². The molecule has 0 aliphatic carbocycles. The summed E-state index contributed by atoms with van der Waals surface area (Å²) in [6.45, 7) is 3.70. The smallest absolute Gasteiger partial charge is 0.384 e. The number of ketones is 1. The minimum Gasteiger partial charge on any atom is -0.466 e. The zero-order valence-electron chi connectivity index (χ0n) is 7.85. The van der Waals surface area contributed by atoms with E-state index in [1.807, 2.05) is 0 Å². The van der Waals surface area contributed by atoms with Crippen LogP contribution >= 0.6 is 11.6 Å².